The molecule has 4 aromatic rings. The second kappa shape index (κ2) is 14.6. The van der Waals surface area contributed by atoms with Crippen molar-refractivity contribution < 1.29 is 53.0 Å². The zero-order chi connectivity index (χ0) is 35.7. The van der Waals surface area contributed by atoms with Gasteiger partial charge in [-0.3, -0.25) is 4.79 Å². The van der Waals surface area contributed by atoms with E-state index < -0.39 is 76.6 Å². The molecule has 0 saturated carbocycles. The van der Waals surface area contributed by atoms with E-state index in [9.17, 15) is 48.2 Å². The van der Waals surface area contributed by atoms with E-state index in [2.05, 4.69) is 0 Å². The second-order valence-corrected chi connectivity index (χ2v) is 14.7. The van der Waals surface area contributed by atoms with Crippen LogP contribution in [0.25, 0.3) is 11.1 Å². The number of hydrogen-bond donors (Lipinski definition) is 6. The zero-order valence-electron chi connectivity index (χ0n) is 26.7. The maximum atomic E-state index is 14.4. The van der Waals surface area contributed by atoms with Crippen LogP contribution in [0.15, 0.2) is 102 Å². The first kappa shape index (κ1) is 35.6. The smallest absolute Gasteiger partial charge is 0.233 e. The molecule has 1 amide bonds. The number of phenolic OH excluding ortho intramolecular Hbond substituents is 1. The maximum absolute atomic E-state index is 14.4. The molecule has 0 aliphatic carbocycles. The summed E-state index contributed by atoms with van der Waals surface area (Å²) in [7, 11) is -4.43. The van der Waals surface area contributed by atoms with Gasteiger partial charge in [0.15, 0.2) is 9.84 Å². The van der Waals surface area contributed by atoms with Crippen LogP contribution in [0.2, 0.25) is 0 Å². The first-order valence-electron chi connectivity index (χ1n) is 16.2. The van der Waals surface area contributed by atoms with Crippen LogP contribution in [0.4, 0.5) is 10.1 Å². The molecule has 6 rings (SSSR count). The minimum Gasteiger partial charge on any atom is -0.508 e. The Morgan fingerprint density at radius 2 is 1.50 bits per heavy atom. The molecule has 0 radical (unpaired) electrons. The van der Waals surface area contributed by atoms with Gasteiger partial charge < -0.3 is 40.3 Å². The lowest BCUT2D eigenvalue weighted by Gasteiger charge is -2.48. The minimum atomic E-state index is -4.43. The van der Waals surface area contributed by atoms with E-state index in [4.69, 9.17) is 4.74 Å². The highest BCUT2D eigenvalue weighted by molar-refractivity contribution is 7.91. The topological polar surface area (TPSA) is 185 Å². The number of sulfone groups is 1. The quantitative estimate of drug-likeness (QED) is 0.127. The SMILES string of the molecule is O=C1C(CCC(O)c2ccc(F)cc2)C(c2ccc(-c3cccc(O)c3)cc2S(=O)(=O)CC2OC(CO)C(O)C(O)C2O)N1c1ccccc1. The molecule has 2 aliphatic heterocycles. The van der Waals surface area contributed by atoms with Gasteiger partial charge in [0.05, 0.1) is 35.3 Å². The van der Waals surface area contributed by atoms with Crippen molar-refractivity contribution in [2.75, 3.05) is 17.3 Å². The highest BCUT2D eigenvalue weighted by atomic mass is 32.2. The average Bonchev–Trinajstić information content (AvgIpc) is 3.11. The molecule has 8 atom stereocenters. The number of aliphatic hydroxyl groups is 5. The van der Waals surface area contributed by atoms with Crippen LogP contribution in [0.1, 0.15) is 36.1 Å². The molecule has 8 unspecified atom stereocenters. The van der Waals surface area contributed by atoms with Crippen molar-refractivity contribution in [2.24, 2.45) is 5.92 Å². The number of β-lactam (4-membered cyclic amide) rings is 1. The number of hydrogen-bond acceptors (Lipinski definition) is 10. The molecule has 11 nitrogen and oxygen atoms in total. The molecule has 0 bridgehead atoms. The molecule has 2 saturated heterocycles. The third-order valence-corrected chi connectivity index (χ3v) is 11.3. The van der Waals surface area contributed by atoms with Gasteiger partial charge in [0.1, 0.15) is 42.1 Å². The standard InChI is InChI=1S/C37H38FNO10S/c38-24-12-9-21(10-13-24)29(42)16-15-28-33(39(37(28)46)25-6-2-1-3-7-25)27-14-11-23(22-5-4-8-26(41)17-22)18-32(27)50(47,48)20-31-35(44)36(45)34(43)30(19-40)49-31/h1-14,17-18,28-31,33-36,40-45H,15-16,19-20H2. The third-order valence-electron chi connectivity index (χ3n) is 9.48. The van der Waals surface area contributed by atoms with Crippen LogP contribution in [0.3, 0.4) is 0 Å². The Kier molecular flexibility index (Phi) is 10.4. The summed E-state index contributed by atoms with van der Waals surface area (Å²) in [6.45, 7) is -0.735. The number of phenols is 1. The zero-order valence-corrected chi connectivity index (χ0v) is 27.6. The number of nitrogens with zero attached hydrogens (tertiary/aromatic N) is 1. The number of anilines is 1. The largest absolute Gasteiger partial charge is 0.508 e. The summed E-state index contributed by atoms with van der Waals surface area (Å²) in [5, 5.41) is 62.1. The molecule has 2 heterocycles. The van der Waals surface area contributed by atoms with Gasteiger partial charge in [-0.15, -0.1) is 0 Å². The van der Waals surface area contributed by atoms with Gasteiger partial charge in [-0.25, -0.2) is 12.8 Å². The Bertz CT molecular complexity index is 1920. The van der Waals surface area contributed by atoms with Gasteiger partial charge in [-0.1, -0.05) is 54.6 Å². The fourth-order valence-electron chi connectivity index (χ4n) is 6.79. The van der Waals surface area contributed by atoms with Gasteiger partial charge in [0.2, 0.25) is 5.91 Å². The van der Waals surface area contributed by atoms with Crippen molar-refractivity contribution in [2.45, 2.75) is 60.4 Å². The molecular weight excluding hydrogens is 669 g/mol. The van der Waals surface area contributed by atoms with Gasteiger partial charge in [0.25, 0.3) is 0 Å². The van der Waals surface area contributed by atoms with E-state index in [0.29, 0.717) is 22.4 Å². The monoisotopic (exact) mass is 707 g/mol. The highest BCUT2D eigenvalue weighted by Crippen LogP contribution is 2.49. The van der Waals surface area contributed by atoms with Crippen LogP contribution in [-0.4, -0.2) is 87.8 Å². The Morgan fingerprint density at radius 1 is 0.820 bits per heavy atom. The van der Waals surface area contributed by atoms with Crippen LogP contribution in [0.5, 0.6) is 5.75 Å². The summed E-state index contributed by atoms with van der Waals surface area (Å²) in [5.41, 5.74) is 2.17. The predicted molar refractivity (Wildman–Crippen MR) is 180 cm³/mol. The number of carbonyl (C=O) groups is 1. The maximum Gasteiger partial charge on any atom is 0.233 e. The van der Waals surface area contributed by atoms with Crippen LogP contribution < -0.4 is 4.90 Å². The number of halogens is 1. The number of carbonyl (C=O) groups excluding carboxylic acids is 1. The first-order valence-corrected chi connectivity index (χ1v) is 17.8. The first-order chi connectivity index (χ1) is 23.9. The fraction of sp³-hybridized carbons (Fsp3) is 0.324. The Hall–Kier alpha value is -4.21. The minimum absolute atomic E-state index is 0.0445. The number of aromatic hydroxyl groups is 1. The molecular formula is C37H38FNO10S. The summed E-state index contributed by atoms with van der Waals surface area (Å²) in [5.74, 6) is -2.40. The van der Waals surface area contributed by atoms with E-state index in [0.717, 1.165) is 0 Å². The molecule has 13 heteroatoms. The molecule has 0 aromatic heterocycles. The Morgan fingerprint density at radius 3 is 2.18 bits per heavy atom. The van der Waals surface area contributed by atoms with Crippen molar-refractivity contribution in [3.05, 3.63) is 114 Å². The fourth-order valence-corrected chi connectivity index (χ4v) is 8.53. The Labute approximate surface area is 288 Å². The normalized spacial score (nSPS) is 26.0. The van der Waals surface area contributed by atoms with Crippen LogP contribution in [-0.2, 0) is 19.4 Å². The summed E-state index contributed by atoms with van der Waals surface area (Å²) in [6.07, 6.45) is -8.84. The number of amides is 1. The van der Waals surface area contributed by atoms with E-state index >= 15 is 0 Å². The summed E-state index contributed by atoms with van der Waals surface area (Å²) in [6, 6.07) is 24.2. The predicted octanol–water partition coefficient (Wildman–Crippen LogP) is 3.03. The van der Waals surface area contributed by atoms with Crippen molar-refractivity contribution in [3.8, 4) is 16.9 Å². The summed E-state index contributed by atoms with van der Waals surface area (Å²) < 4.78 is 47.9. The van der Waals surface area contributed by atoms with Gasteiger partial charge in [-0.2, -0.15) is 0 Å². The van der Waals surface area contributed by atoms with E-state index in [1.165, 1.54) is 47.4 Å². The summed E-state index contributed by atoms with van der Waals surface area (Å²) >= 11 is 0. The second-order valence-electron chi connectivity index (χ2n) is 12.7. The van der Waals surface area contributed by atoms with Crippen molar-refractivity contribution in [3.63, 3.8) is 0 Å². The lowest BCUT2D eigenvalue weighted by atomic mass is 9.78. The molecule has 50 heavy (non-hydrogen) atoms. The van der Waals surface area contributed by atoms with Crippen LogP contribution in [0, 0.1) is 11.7 Å². The molecule has 0 spiro atoms. The average molecular weight is 708 g/mol. The molecule has 6 N–H and O–H groups in total. The highest BCUT2D eigenvalue weighted by Gasteiger charge is 2.51. The van der Waals surface area contributed by atoms with Gasteiger partial charge >= 0.3 is 0 Å². The molecule has 2 fully saturated rings. The number of rotatable bonds is 11. The van der Waals surface area contributed by atoms with E-state index in [1.807, 2.05) is 0 Å². The molecule has 2 aliphatic rings. The van der Waals surface area contributed by atoms with Crippen molar-refractivity contribution >= 4 is 21.4 Å². The Balaban J connectivity index is 1.42. The number of ether oxygens (including phenoxy) is 1. The number of para-hydroxylation sites is 1. The lowest BCUT2D eigenvalue weighted by Crippen LogP contribution is -2.60. The molecule has 4 aromatic carbocycles. The number of aliphatic hydroxyl groups excluding tert-OH is 5. The lowest BCUT2D eigenvalue weighted by molar-refractivity contribution is -0.223. The van der Waals surface area contributed by atoms with Crippen molar-refractivity contribution in [1.29, 1.82) is 0 Å². The number of benzene rings is 4. The third kappa shape index (κ3) is 7.03. The van der Waals surface area contributed by atoms with E-state index in [1.54, 1.807) is 54.6 Å². The van der Waals surface area contributed by atoms with Crippen LogP contribution >= 0.6 is 0 Å². The van der Waals surface area contributed by atoms with Crippen molar-refractivity contribution in [1.82, 2.24) is 0 Å². The molecule has 264 valence electrons. The summed E-state index contributed by atoms with van der Waals surface area (Å²) in [4.78, 5) is 15.1. The van der Waals surface area contributed by atoms with Gasteiger partial charge in [-0.05, 0) is 77.6 Å². The van der Waals surface area contributed by atoms with Gasteiger partial charge in [0, 0.05) is 5.69 Å². The van der Waals surface area contributed by atoms with E-state index in [-0.39, 0.29) is 35.0 Å².